The number of anilines is 1. The number of hydrogen-bond acceptors (Lipinski definition) is 5. The number of hydrogen-bond donors (Lipinski definition) is 3. The summed E-state index contributed by atoms with van der Waals surface area (Å²) in [6, 6.07) is 5.35. The topological polar surface area (TPSA) is 113 Å². The largest absolute Gasteiger partial charge is 0.382 e. The van der Waals surface area contributed by atoms with Gasteiger partial charge in [0, 0.05) is 5.56 Å². The fraction of sp³-hybridized carbons (Fsp3) is 0. The van der Waals surface area contributed by atoms with Crippen LogP contribution >= 0.6 is 0 Å². The third-order valence-corrected chi connectivity index (χ3v) is 2.44. The minimum atomic E-state index is -0.248. The Bertz CT molecular complexity index is 744. The molecule has 1 aromatic carbocycles. The number of aromatic amines is 2. The number of nitrogens with one attached hydrogen (secondary N) is 2. The first-order valence-corrected chi connectivity index (χ1v) is 4.89. The van der Waals surface area contributed by atoms with Gasteiger partial charge in [0.25, 0.3) is 0 Å². The average molecular weight is 228 g/mol. The Hall–Kier alpha value is -2.70. The van der Waals surface area contributed by atoms with E-state index in [2.05, 4.69) is 25.1 Å². The molecule has 0 aliphatic carbocycles. The summed E-state index contributed by atoms with van der Waals surface area (Å²) in [6.45, 7) is 0. The molecule has 0 saturated carbocycles. The monoisotopic (exact) mass is 228 g/mol. The zero-order valence-electron chi connectivity index (χ0n) is 8.64. The van der Waals surface area contributed by atoms with Crippen molar-refractivity contribution in [3.05, 3.63) is 35.0 Å². The maximum atomic E-state index is 11.1. The minimum absolute atomic E-state index is 0.248. The lowest BCUT2D eigenvalue weighted by Crippen LogP contribution is -1.99. The molecule has 3 rings (SSSR count). The van der Waals surface area contributed by atoms with Crippen molar-refractivity contribution in [2.75, 3.05) is 5.73 Å². The highest BCUT2D eigenvalue weighted by Crippen LogP contribution is 2.22. The molecule has 0 fully saturated rings. The van der Waals surface area contributed by atoms with Crippen molar-refractivity contribution in [2.45, 2.75) is 0 Å². The van der Waals surface area contributed by atoms with Gasteiger partial charge in [-0.2, -0.15) is 0 Å². The Kier molecular flexibility index (Phi) is 1.91. The van der Waals surface area contributed by atoms with E-state index in [4.69, 9.17) is 5.73 Å². The lowest BCUT2D eigenvalue weighted by molar-refractivity contribution is 0.983. The van der Waals surface area contributed by atoms with Crippen LogP contribution in [0.1, 0.15) is 0 Å². The Labute approximate surface area is 94.7 Å². The van der Waals surface area contributed by atoms with Gasteiger partial charge < -0.3 is 15.7 Å². The number of imidazole rings is 1. The van der Waals surface area contributed by atoms with Crippen molar-refractivity contribution in [3.63, 3.8) is 0 Å². The molecule has 0 saturated heterocycles. The highest BCUT2D eigenvalue weighted by atomic mass is 16.1. The molecule has 0 aliphatic heterocycles. The quantitative estimate of drug-likeness (QED) is 0.554. The second kappa shape index (κ2) is 3.41. The highest BCUT2D eigenvalue weighted by molar-refractivity contribution is 5.82. The SMILES string of the molecule is Nc1ncnnc1-c1ccc2[nH]c(=O)[nH]c2c1. The number of benzene rings is 1. The van der Waals surface area contributed by atoms with E-state index < -0.39 is 0 Å². The van der Waals surface area contributed by atoms with Gasteiger partial charge in [-0.1, -0.05) is 6.07 Å². The maximum absolute atomic E-state index is 11.1. The minimum Gasteiger partial charge on any atom is -0.382 e. The smallest absolute Gasteiger partial charge is 0.323 e. The van der Waals surface area contributed by atoms with E-state index in [-0.39, 0.29) is 5.69 Å². The predicted molar refractivity (Wildman–Crippen MR) is 62.2 cm³/mol. The van der Waals surface area contributed by atoms with Gasteiger partial charge in [0.05, 0.1) is 11.0 Å². The summed E-state index contributed by atoms with van der Waals surface area (Å²) in [5.41, 5.74) is 8.14. The number of nitrogens with zero attached hydrogens (tertiary/aromatic N) is 3. The Balaban J connectivity index is 2.24. The van der Waals surface area contributed by atoms with Crippen LogP contribution in [-0.2, 0) is 0 Å². The van der Waals surface area contributed by atoms with Crippen LogP contribution in [0.5, 0.6) is 0 Å². The molecule has 0 unspecified atom stereocenters. The van der Waals surface area contributed by atoms with E-state index in [1.54, 1.807) is 18.2 Å². The first-order valence-electron chi connectivity index (χ1n) is 4.89. The number of nitrogen functional groups attached to an aromatic ring is 1. The van der Waals surface area contributed by atoms with E-state index in [9.17, 15) is 4.79 Å². The Morgan fingerprint density at radius 1 is 1.18 bits per heavy atom. The number of fused-ring (bicyclic) bond motifs is 1. The lowest BCUT2D eigenvalue weighted by atomic mass is 10.1. The molecular formula is C10H8N6O. The zero-order chi connectivity index (χ0) is 11.8. The van der Waals surface area contributed by atoms with E-state index in [0.29, 0.717) is 17.0 Å². The summed E-state index contributed by atoms with van der Waals surface area (Å²) in [5, 5.41) is 7.61. The molecule has 3 aromatic rings. The van der Waals surface area contributed by atoms with Gasteiger partial charge in [-0.05, 0) is 12.1 Å². The van der Waals surface area contributed by atoms with Crippen LogP contribution in [0, 0.1) is 0 Å². The molecule has 7 heteroatoms. The van der Waals surface area contributed by atoms with Gasteiger partial charge in [-0.15, -0.1) is 10.2 Å². The number of nitrogens with two attached hydrogens (primary N) is 1. The summed E-state index contributed by atoms with van der Waals surface area (Å²) in [6.07, 6.45) is 1.29. The standard InChI is InChI=1S/C10H8N6O/c11-9-8(16-13-4-12-9)5-1-2-6-7(3-5)15-10(17)14-6/h1-4H,(H2,11,12,13)(H2,14,15,17). The van der Waals surface area contributed by atoms with Crippen LogP contribution in [0.2, 0.25) is 0 Å². The van der Waals surface area contributed by atoms with Crippen LogP contribution in [0.4, 0.5) is 5.82 Å². The summed E-state index contributed by atoms with van der Waals surface area (Å²) in [5.74, 6) is 0.303. The van der Waals surface area contributed by atoms with Crippen molar-refractivity contribution in [1.29, 1.82) is 0 Å². The number of H-pyrrole nitrogens is 2. The van der Waals surface area contributed by atoms with Gasteiger partial charge in [-0.25, -0.2) is 9.78 Å². The summed E-state index contributed by atoms with van der Waals surface area (Å²) < 4.78 is 0. The maximum Gasteiger partial charge on any atom is 0.323 e. The van der Waals surface area contributed by atoms with Crippen LogP contribution in [0.3, 0.4) is 0 Å². The molecule has 2 aromatic heterocycles. The van der Waals surface area contributed by atoms with Gasteiger partial charge in [-0.3, -0.25) is 0 Å². The summed E-state index contributed by atoms with van der Waals surface area (Å²) >= 11 is 0. The fourth-order valence-electron chi connectivity index (χ4n) is 1.67. The Morgan fingerprint density at radius 2 is 2.00 bits per heavy atom. The molecule has 84 valence electrons. The number of aromatic nitrogens is 5. The molecule has 0 spiro atoms. The Morgan fingerprint density at radius 3 is 2.82 bits per heavy atom. The first-order chi connectivity index (χ1) is 8.24. The van der Waals surface area contributed by atoms with Crippen molar-refractivity contribution >= 4 is 16.9 Å². The molecule has 4 N–H and O–H groups in total. The van der Waals surface area contributed by atoms with Gasteiger partial charge in [0.15, 0.2) is 5.82 Å². The lowest BCUT2D eigenvalue weighted by Gasteiger charge is -2.01. The second-order valence-electron chi connectivity index (χ2n) is 3.53. The average Bonchev–Trinajstić information content (AvgIpc) is 2.68. The van der Waals surface area contributed by atoms with Gasteiger partial charge in [0.2, 0.25) is 0 Å². The molecule has 7 nitrogen and oxygen atoms in total. The predicted octanol–water partition coefficient (Wildman–Crippen LogP) is 0.290. The molecule has 0 radical (unpaired) electrons. The van der Waals surface area contributed by atoms with Gasteiger partial charge in [0.1, 0.15) is 12.0 Å². The van der Waals surface area contributed by atoms with Crippen LogP contribution in [0.15, 0.2) is 29.3 Å². The van der Waals surface area contributed by atoms with E-state index in [1.807, 2.05) is 0 Å². The molecular weight excluding hydrogens is 220 g/mol. The fourth-order valence-corrected chi connectivity index (χ4v) is 1.67. The molecule has 0 bridgehead atoms. The molecule has 17 heavy (non-hydrogen) atoms. The van der Waals surface area contributed by atoms with Crippen LogP contribution < -0.4 is 11.4 Å². The molecule has 2 heterocycles. The van der Waals surface area contributed by atoms with Crippen molar-refractivity contribution in [2.24, 2.45) is 0 Å². The van der Waals surface area contributed by atoms with E-state index >= 15 is 0 Å². The normalized spacial score (nSPS) is 10.8. The molecule has 0 aliphatic rings. The number of rotatable bonds is 1. The van der Waals surface area contributed by atoms with Gasteiger partial charge >= 0.3 is 5.69 Å². The first kappa shape index (κ1) is 9.52. The molecule has 0 amide bonds. The second-order valence-corrected chi connectivity index (χ2v) is 3.53. The van der Waals surface area contributed by atoms with Crippen molar-refractivity contribution in [1.82, 2.24) is 25.1 Å². The van der Waals surface area contributed by atoms with E-state index in [0.717, 1.165) is 11.1 Å². The third-order valence-electron chi connectivity index (χ3n) is 2.44. The van der Waals surface area contributed by atoms with E-state index in [1.165, 1.54) is 6.33 Å². The van der Waals surface area contributed by atoms with Crippen LogP contribution in [-0.4, -0.2) is 25.1 Å². The highest BCUT2D eigenvalue weighted by Gasteiger charge is 2.07. The van der Waals surface area contributed by atoms with Crippen LogP contribution in [0.25, 0.3) is 22.3 Å². The summed E-state index contributed by atoms with van der Waals surface area (Å²) in [7, 11) is 0. The summed E-state index contributed by atoms with van der Waals surface area (Å²) in [4.78, 5) is 20.3. The third kappa shape index (κ3) is 1.53. The van der Waals surface area contributed by atoms with Crippen molar-refractivity contribution < 1.29 is 0 Å². The zero-order valence-corrected chi connectivity index (χ0v) is 8.64. The van der Waals surface area contributed by atoms with Crippen molar-refractivity contribution in [3.8, 4) is 11.3 Å². The molecule has 0 atom stereocenters.